The van der Waals surface area contributed by atoms with Gasteiger partial charge >= 0.3 is 0 Å². The number of aromatic nitrogens is 2. The molecule has 0 saturated carbocycles. The standard InChI is InChI=1S/C21H19ClFN3O3/c1-3-18(21(28)24-17-6-4-5-16(22)13(17)2)29-19-11-12-20(27)26(25-19)15-9-7-14(23)8-10-15/h4-12,18H,3H2,1-2H3,(H,24,28). The van der Waals surface area contributed by atoms with Crippen LogP contribution in [0.4, 0.5) is 10.1 Å². The van der Waals surface area contributed by atoms with Crippen molar-refractivity contribution >= 4 is 23.2 Å². The van der Waals surface area contributed by atoms with Crippen molar-refractivity contribution in [2.24, 2.45) is 0 Å². The number of rotatable bonds is 6. The molecule has 3 rings (SSSR count). The minimum Gasteiger partial charge on any atom is -0.463 e. The Hall–Kier alpha value is -3.19. The Morgan fingerprint density at radius 3 is 2.62 bits per heavy atom. The summed E-state index contributed by atoms with van der Waals surface area (Å²) in [5.74, 6) is -0.689. The van der Waals surface area contributed by atoms with E-state index in [4.69, 9.17) is 16.3 Å². The first-order valence-corrected chi connectivity index (χ1v) is 9.35. The molecule has 1 N–H and O–H groups in total. The third-order valence-corrected chi connectivity index (χ3v) is 4.71. The van der Waals surface area contributed by atoms with Gasteiger partial charge in [0.05, 0.1) is 5.69 Å². The summed E-state index contributed by atoms with van der Waals surface area (Å²) in [4.78, 5) is 24.8. The van der Waals surface area contributed by atoms with Gasteiger partial charge in [-0.15, -0.1) is 5.10 Å². The predicted octanol–water partition coefficient (Wildman–Crippen LogP) is 4.13. The molecule has 0 radical (unpaired) electrons. The molecule has 6 nitrogen and oxygen atoms in total. The van der Waals surface area contributed by atoms with Crippen LogP contribution < -0.4 is 15.6 Å². The Labute approximate surface area is 171 Å². The number of benzene rings is 2. The summed E-state index contributed by atoms with van der Waals surface area (Å²) in [5.41, 5.74) is 1.32. The average molecular weight is 416 g/mol. The highest BCUT2D eigenvalue weighted by Crippen LogP contribution is 2.23. The maximum atomic E-state index is 13.1. The Morgan fingerprint density at radius 1 is 1.21 bits per heavy atom. The minimum atomic E-state index is -0.833. The van der Waals surface area contributed by atoms with E-state index >= 15 is 0 Å². The number of carbonyl (C=O) groups excluding carboxylic acids is 1. The lowest BCUT2D eigenvalue weighted by molar-refractivity contribution is -0.123. The van der Waals surface area contributed by atoms with Gasteiger partial charge in [0.1, 0.15) is 5.82 Å². The number of nitrogens with zero attached hydrogens (tertiary/aromatic N) is 2. The smallest absolute Gasteiger partial charge is 0.271 e. The van der Waals surface area contributed by atoms with Gasteiger partial charge in [0.25, 0.3) is 11.5 Å². The van der Waals surface area contributed by atoms with E-state index in [0.29, 0.717) is 22.8 Å². The van der Waals surface area contributed by atoms with Crippen LogP contribution in [0, 0.1) is 12.7 Å². The van der Waals surface area contributed by atoms with Crippen LogP contribution in [0.2, 0.25) is 5.02 Å². The molecule has 1 aromatic heterocycles. The second-order valence-corrected chi connectivity index (χ2v) is 6.72. The van der Waals surface area contributed by atoms with E-state index in [-0.39, 0.29) is 11.8 Å². The molecule has 0 spiro atoms. The topological polar surface area (TPSA) is 73.2 Å². The van der Waals surface area contributed by atoms with Gasteiger partial charge in [-0.1, -0.05) is 24.6 Å². The summed E-state index contributed by atoms with van der Waals surface area (Å²) in [6.07, 6.45) is -0.456. The Bertz CT molecular complexity index is 1080. The molecular formula is C21H19ClFN3O3. The van der Waals surface area contributed by atoms with Crippen molar-refractivity contribution in [1.29, 1.82) is 0 Å². The maximum absolute atomic E-state index is 13.1. The molecule has 0 aliphatic heterocycles. The number of nitrogens with one attached hydrogen (secondary N) is 1. The van der Waals surface area contributed by atoms with Gasteiger partial charge in [-0.25, -0.2) is 4.39 Å². The number of carbonyl (C=O) groups is 1. The summed E-state index contributed by atoms with van der Waals surface area (Å²) >= 11 is 6.09. The molecule has 3 aromatic rings. The fourth-order valence-corrected chi connectivity index (χ4v) is 2.82. The van der Waals surface area contributed by atoms with E-state index < -0.39 is 17.5 Å². The van der Waals surface area contributed by atoms with Crippen molar-refractivity contribution in [1.82, 2.24) is 9.78 Å². The molecule has 29 heavy (non-hydrogen) atoms. The zero-order valence-corrected chi connectivity index (χ0v) is 16.6. The lowest BCUT2D eigenvalue weighted by Crippen LogP contribution is -2.33. The molecule has 0 bridgehead atoms. The Kier molecular flexibility index (Phi) is 6.29. The highest BCUT2D eigenvalue weighted by atomic mass is 35.5. The molecule has 0 fully saturated rings. The highest BCUT2D eigenvalue weighted by Gasteiger charge is 2.20. The van der Waals surface area contributed by atoms with Crippen molar-refractivity contribution < 1.29 is 13.9 Å². The summed E-state index contributed by atoms with van der Waals surface area (Å²) in [6.45, 7) is 3.60. The number of anilines is 1. The van der Waals surface area contributed by atoms with E-state index in [1.165, 1.54) is 36.4 Å². The van der Waals surface area contributed by atoms with Crippen LogP contribution in [-0.4, -0.2) is 21.8 Å². The number of amides is 1. The van der Waals surface area contributed by atoms with Crippen LogP contribution >= 0.6 is 11.6 Å². The van der Waals surface area contributed by atoms with Crippen LogP contribution in [0.5, 0.6) is 5.88 Å². The minimum absolute atomic E-state index is 0.0961. The van der Waals surface area contributed by atoms with E-state index in [1.54, 1.807) is 32.0 Å². The Morgan fingerprint density at radius 2 is 1.93 bits per heavy atom. The van der Waals surface area contributed by atoms with Gasteiger partial charge in [0.15, 0.2) is 6.10 Å². The summed E-state index contributed by atoms with van der Waals surface area (Å²) in [7, 11) is 0. The molecule has 150 valence electrons. The van der Waals surface area contributed by atoms with Crippen molar-refractivity contribution in [2.45, 2.75) is 26.4 Å². The SMILES string of the molecule is CCC(Oc1ccc(=O)n(-c2ccc(F)cc2)n1)C(=O)Nc1cccc(Cl)c1C. The first kappa shape index (κ1) is 20.5. The normalized spacial score (nSPS) is 11.7. The van der Waals surface area contributed by atoms with Gasteiger partial charge in [-0.05, 0) is 55.3 Å². The molecule has 1 unspecified atom stereocenters. The van der Waals surface area contributed by atoms with Gasteiger partial charge in [0, 0.05) is 22.8 Å². The molecule has 1 amide bonds. The highest BCUT2D eigenvalue weighted by molar-refractivity contribution is 6.31. The van der Waals surface area contributed by atoms with E-state index in [9.17, 15) is 14.0 Å². The molecule has 2 aromatic carbocycles. The van der Waals surface area contributed by atoms with Crippen LogP contribution in [-0.2, 0) is 4.79 Å². The lowest BCUT2D eigenvalue weighted by Gasteiger charge is -2.18. The van der Waals surface area contributed by atoms with Gasteiger partial charge in [-0.2, -0.15) is 4.68 Å². The fourth-order valence-electron chi connectivity index (χ4n) is 2.65. The van der Waals surface area contributed by atoms with E-state index in [2.05, 4.69) is 10.4 Å². The average Bonchev–Trinajstić information content (AvgIpc) is 2.71. The molecule has 1 heterocycles. The van der Waals surface area contributed by atoms with Crippen molar-refractivity contribution in [3.8, 4) is 11.6 Å². The quantitative estimate of drug-likeness (QED) is 0.657. The second kappa shape index (κ2) is 8.87. The van der Waals surface area contributed by atoms with Crippen LogP contribution in [0.3, 0.4) is 0 Å². The largest absolute Gasteiger partial charge is 0.463 e. The summed E-state index contributed by atoms with van der Waals surface area (Å²) < 4.78 is 19.9. The molecule has 0 saturated heterocycles. The summed E-state index contributed by atoms with van der Waals surface area (Å²) in [5, 5.41) is 7.49. The first-order chi connectivity index (χ1) is 13.9. The number of hydrogen-bond donors (Lipinski definition) is 1. The number of hydrogen-bond acceptors (Lipinski definition) is 4. The van der Waals surface area contributed by atoms with Gasteiger partial charge in [0.2, 0.25) is 5.88 Å². The third kappa shape index (κ3) is 4.81. The zero-order valence-electron chi connectivity index (χ0n) is 15.9. The van der Waals surface area contributed by atoms with Crippen LogP contribution in [0.1, 0.15) is 18.9 Å². The van der Waals surface area contributed by atoms with Gasteiger partial charge < -0.3 is 10.1 Å². The third-order valence-electron chi connectivity index (χ3n) is 4.30. The Balaban J connectivity index is 1.81. The second-order valence-electron chi connectivity index (χ2n) is 6.31. The fraction of sp³-hybridized carbons (Fsp3) is 0.190. The monoisotopic (exact) mass is 415 g/mol. The van der Waals surface area contributed by atoms with Crippen molar-refractivity contribution in [3.63, 3.8) is 0 Å². The molecular weight excluding hydrogens is 397 g/mol. The molecule has 0 aliphatic rings. The van der Waals surface area contributed by atoms with Crippen LogP contribution in [0.15, 0.2) is 59.4 Å². The van der Waals surface area contributed by atoms with Gasteiger partial charge in [-0.3, -0.25) is 9.59 Å². The lowest BCUT2D eigenvalue weighted by atomic mass is 10.2. The molecule has 8 heteroatoms. The van der Waals surface area contributed by atoms with Crippen molar-refractivity contribution in [3.05, 3.63) is 81.4 Å². The van der Waals surface area contributed by atoms with Crippen LogP contribution in [0.25, 0.3) is 5.69 Å². The van der Waals surface area contributed by atoms with E-state index in [1.807, 2.05) is 0 Å². The maximum Gasteiger partial charge on any atom is 0.271 e. The number of halogens is 2. The summed E-state index contributed by atoms with van der Waals surface area (Å²) in [6, 6.07) is 13.2. The number of ether oxygens (including phenoxy) is 1. The molecule has 1 atom stereocenters. The van der Waals surface area contributed by atoms with E-state index in [0.717, 1.165) is 10.2 Å². The predicted molar refractivity (Wildman–Crippen MR) is 109 cm³/mol. The first-order valence-electron chi connectivity index (χ1n) is 8.98. The molecule has 0 aliphatic carbocycles. The zero-order chi connectivity index (χ0) is 21.0. The van der Waals surface area contributed by atoms with Crippen molar-refractivity contribution in [2.75, 3.05) is 5.32 Å².